The van der Waals surface area contributed by atoms with E-state index >= 15 is 0 Å². The first kappa shape index (κ1) is 14.3. The van der Waals surface area contributed by atoms with Crippen molar-refractivity contribution in [3.8, 4) is 0 Å². The van der Waals surface area contributed by atoms with E-state index in [1.165, 1.54) is 19.3 Å². The van der Waals surface area contributed by atoms with Crippen molar-refractivity contribution >= 4 is 29.3 Å². The van der Waals surface area contributed by atoms with Gasteiger partial charge in [0.2, 0.25) is 0 Å². The summed E-state index contributed by atoms with van der Waals surface area (Å²) in [6.07, 6.45) is 7.49. The Morgan fingerprint density at radius 1 is 1.29 bits per heavy atom. The van der Waals surface area contributed by atoms with Gasteiger partial charge in [0.25, 0.3) is 5.91 Å². The van der Waals surface area contributed by atoms with Crippen LogP contribution in [0.5, 0.6) is 0 Å². The van der Waals surface area contributed by atoms with Crippen molar-refractivity contribution in [2.24, 2.45) is 0 Å². The van der Waals surface area contributed by atoms with E-state index in [1.807, 2.05) is 26.1 Å². The standard InChI is InChI=1S/C16H20N2O2S/c1-11-8-9-13(20-11)10-14-15(19)18(16(21)17(14)2)12-6-4-3-5-7-12/h8-10,12H,3-7H2,1-2H3. The molecule has 4 nitrogen and oxygen atoms in total. The first-order valence-corrected chi connectivity index (χ1v) is 7.88. The molecule has 0 unspecified atom stereocenters. The molecule has 0 radical (unpaired) electrons. The summed E-state index contributed by atoms with van der Waals surface area (Å²) in [7, 11) is 1.85. The Hall–Kier alpha value is -1.62. The smallest absolute Gasteiger partial charge is 0.277 e. The lowest BCUT2D eigenvalue weighted by Crippen LogP contribution is -2.41. The normalized spacial score (nSPS) is 22.7. The first-order valence-electron chi connectivity index (χ1n) is 7.47. The van der Waals surface area contributed by atoms with Crippen LogP contribution in [0.15, 0.2) is 22.2 Å². The van der Waals surface area contributed by atoms with Gasteiger partial charge >= 0.3 is 0 Å². The van der Waals surface area contributed by atoms with Crippen LogP contribution < -0.4 is 0 Å². The summed E-state index contributed by atoms with van der Waals surface area (Å²) in [5.74, 6) is 1.53. The fourth-order valence-electron chi connectivity index (χ4n) is 3.10. The van der Waals surface area contributed by atoms with Gasteiger partial charge in [-0.05, 0) is 44.1 Å². The summed E-state index contributed by atoms with van der Waals surface area (Å²) in [5.41, 5.74) is 0.597. The largest absolute Gasteiger partial charge is 0.462 e. The second-order valence-electron chi connectivity index (χ2n) is 5.79. The molecule has 21 heavy (non-hydrogen) atoms. The van der Waals surface area contributed by atoms with Gasteiger partial charge in [-0.25, -0.2) is 0 Å². The summed E-state index contributed by atoms with van der Waals surface area (Å²) < 4.78 is 5.54. The van der Waals surface area contributed by atoms with Crippen molar-refractivity contribution in [3.05, 3.63) is 29.4 Å². The van der Waals surface area contributed by atoms with Gasteiger partial charge in [0.05, 0.1) is 0 Å². The highest BCUT2D eigenvalue weighted by Crippen LogP contribution is 2.30. The van der Waals surface area contributed by atoms with E-state index in [0.29, 0.717) is 16.6 Å². The summed E-state index contributed by atoms with van der Waals surface area (Å²) >= 11 is 5.48. The second-order valence-corrected chi connectivity index (χ2v) is 6.15. The molecule has 0 aromatic carbocycles. The lowest BCUT2D eigenvalue weighted by molar-refractivity contribution is -0.124. The number of carbonyl (C=O) groups is 1. The molecule has 1 aliphatic heterocycles. The molecule has 1 aromatic rings. The van der Waals surface area contributed by atoms with Gasteiger partial charge in [-0.15, -0.1) is 0 Å². The second kappa shape index (κ2) is 5.64. The highest BCUT2D eigenvalue weighted by molar-refractivity contribution is 7.80. The summed E-state index contributed by atoms with van der Waals surface area (Å²) in [5, 5.41) is 0.612. The average molecular weight is 304 g/mol. The first-order chi connectivity index (χ1) is 10.1. The van der Waals surface area contributed by atoms with Crippen LogP contribution >= 0.6 is 12.2 Å². The fraction of sp³-hybridized carbons (Fsp3) is 0.500. The molecule has 0 atom stereocenters. The topological polar surface area (TPSA) is 36.7 Å². The molecule has 1 saturated heterocycles. The lowest BCUT2D eigenvalue weighted by Gasteiger charge is -2.30. The quantitative estimate of drug-likeness (QED) is 0.620. The van der Waals surface area contributed by atoms with Crippen LogP contribution in [0.3, 0.4) is 0 Å². The highest BCUT2D eigenvalue weighted by Gasteiger charge is 2.40. The molecule has 1 aliphatic carbocycles. The molecule has 1 aromatic heterocycles. The van der Waals surface area contributed by atoms with Crippen LogP contribution in [0.1, 0.15) is 43.6 Å². The van der Waals surface area contributed by atoms with E-state index in [-0.39, 0.29) is 11.9 Å². The van der Waals surface area contributed by atoms with Crippen LogP contribution in [-0.4, -0.2) is 33.9 Å². The van der Waals surface area contributed by atoms with E-state index in [4.69, 9.17) is 16.6 Å². The SMILES string of the molecule is Cc1ccc(C=C2C(=O)N(C3CCCCC3)C(=S)N2C)o1. The number of hydrogen-bond donors (Lipinski definition) is 0. The third-order valence-electron chi connectivity index (χ3n) is 4.27. The maximum Gasteiger partial charge on any atom is 0.277 e. The fourth-order valence-corrected chi connectivity index (χ4v) is 3.43. The van der Waals surface area contributed by atoms with Crippen molar-refractivity contribution in [3.63, 3.8) is 0 Å². The molecule has 3 rings (SSSR count). The molecule has 2 heterocycles. The van der Waals surface area contributed by atoms with E-state index in [1.54, 1.807) is 15.9 Å². The minimum Gasteiger partial charge on any atom is -0.462 e. The molecule has 112 valence electrons. The van der Waals surface area contributed by atoms with Gasteiger partial charge < -0.3 is 9.32 Å². The number of amides is 1. The Labute approximate surface area is 130 Å². The summed E-state index contributed by atoms with van der Waals surface area (Å²) in [6, 6.07) is 4.02. The van der Waals surface area contributed by atoms with E-state index in [0.717, 1.165) is 18.6 Å². The maximum atomic E-state index is 12.7. The Balaban J connectivity index is 1.88. The van der Waals surface area contributed by atoms with Crippen molar-refractivity contribution in [1.82, 2.24) is 9.80 Å². The van der Waals surface area contributed by atoms with E-state index in [9.17, 15) is 4.79 Å². The summed E-state index contributed by atoms with van der Waals surface area (Å²) in [6.45, 7) is 1.89. The van der Waals surface area contributed by atoms with Gasteiger partial charge in [-0.2, -0.15) is 0 Å². The molecule has 0 N–H and O–H groups in total. The van der Waals surface area contributed by atoms with Gasteiger partial charge in [-0.1, -0.05) is 19.3 Å². The van der Waals surface area contributed by atoms with Crippen LogP contribution in [0.25, 0.3) is 6.08 Å². The number of hydrogen-bond acceptors (Lipinski definition) is 3. The van der Waals surface area contributed by atoms with Crippen LogP contribution in [0.2, 0.25) is 0 Å². The van der Waals surface area contributed by atoms with Gasteiger partial charge in [0.1, 0.15) is 17.2 Å². The monoisotopic (exact) mass is 304 g/mol. The highest BCUT2D eigenvalue weighted by atomic mass is 32.1. The zero-order valence-corrected chi connectivity index (χ0v) is 13.3. The van der Waals surface area contributed by atoms with E-state index in [2.05, 4.69) is 0 Å². The molecular weight excluding hydrogens is 284 g/mol. The molecular formula is C16H20N2O2S. The Morgan fingerprint density at radius 2 is 2.00 bits per heavy atom. The summed E-state index contributed by atoms with van der Waals surface area (Å²) in [4.78, 5) is 16.3. The van der Waals surface area contributed by atoms with Crippen molar-refractivity contribution in [2.45, 2.75) is 45.1 Å². The van der Waals surface area contributed by atoms with Gasteiger partial charge in [0, 0.05) is 19.2 Å². The number of carbonyl (C=O) groups excluding carboxylic acids is 1. The van der Waals surface area contributed by atoms with Crippen LogP contribution in [0, 0.1) is 6.92 Å². The Bertz CT molecular complexity index is 599. The number of aryl methyl sites for hydroxylation is 1. The Kier molecular flexibility index (Phi) is 3.85. The van der Waals surface area contributed by atoms with Crippen molar-refractivity contribution in [2.75, 3.05) is 7.05 Å². The van der Waals surface area contributed by atoms with Crippen molar-refractivity contribution < 1.29 is 9.21 Å². The number of furan rings is 1. The van der Waals surface area contributed by atoms with Crippen LogP contribution in [-0.2, 0) is 4.79 Å². The van der Waals surface area contributed by atoms with Gasteiger partial charge in [0.15, 0.2) is 5.11 Å². The molecule has 1 saturated carbocycles. The molecule has 0 bridgehead atoms. The van der Waals surface area contributed by atoms with Crippen molar-refractivity contribution in [1.29, 1.82) is 0 Å². The molecule has 1 amide bonds. The number of likely N-dealkylation sites (N-methyl/N-ethyl adjacent to an activating group) is 1. The van der Waals surface area contributed by atoms with E-state index < -0.39 is 0 Å². The third-order valence-corrected chi connectivity index (χ3v) is 4.74. The predicted molar refractivity (Wildman–Crippen MR) is 85.5 cm³/mol. The zero-order chi connectivity index (χ0) is 15.0. The third kappa shape index (κ3) is 2.62. The number of thiocarbonyl (C=S) groups is 1. The zero-order valence-electron chi connectivity index (χ0n) is 12.5. The predicted octanol–water partition coefficient (Wildman–Crippen LogP) is 3.32. The minimum absolute atomic E-state index is 0.00320. The Morgan fingerprint density at radius 3 is 2.62 bits per heavy atom. The molecule has 2 aliphatic rings. The average Bonchev–Trinajstić information content (AvgIpc) is 2.98. The maximum absolute atomic E-state index is 12.7. The number of nitrogens with zero attached hydrogens (tertiary/aromatic N) is 2. The molecule has 5 heteroatoms. The van der Waals surface area contributed by atoms with Crippen LogP contribution in [0.4, 0.5) is 0 Å². The lowest BCUT2D eigenvalue weighted by atomic mass is 9.94. The number of rotatable bonds is 2. The molecule has 2 fully saturated rings. The minimum atomic E-state index is 0.00320. The molecule has 0 spiro atoms. The van der Waals surface area contributed by atoms with Gasteiger partial charge in [-0.3, -0.25) is 9.69 Å².